The molecule has 27 heavy (non-hydrogen) atoms. The Morgan fingerprint density at radius 2 is 2.15 bits per heavy atom. The zero-order chi connectivity index (χ0) is 19.6. The number of ether oxygens (including phenoxy) is 1. The Balaban J connectivity index is 2.14. The minimum absolute atomic E-state index is 0.0799. The van der Waals surface area contributed by atoms with E-state index in [-0.39, 0.29) is 11.3 Å². The van der Waals surface area contributed by atoms with E-state index in [0.717, 1.165) is 10.9 Å². The molecule has 6 nitrogen and oxygen atoms in total. The fourth-order valence-corrected chi connectivity index (χ4v) is 3.63. The summed E-state index contributed by atoms with van der Waals surface area (Å²) in [7, 11) is 1.49. The second-order valence-electron chi connectivity index (χ2n) is 5.85. The van der Waals surface area contributed by atoms with Crippen LogP contribution in [-0.2, 0) is 6.42 Å². The normalized spacial score (nSPS) is 11.4. The van der Waals surface area contributed by atoms with E-state index < -0.39 is 0 Å². The number of hydrogen-bond acceptors (Lipinski definition) is 5. The molecule has 0 aliphatic heterocycles. The molecule has 3 aromatic rings. The molecule has 3 rings (SSSR count). The summed E-state index contributed by atoms with van der Waals surface area (Å²) in [6.45, 7) is 2.03. The topological polar surface area (TPSA) is 76.7 Å². The molecule has 0 amide bonds. The molecule has 1 N–H and O–H groups in total. The fourth-order valence-electron chi connectivity index (χ4n) is 2.65. The molecule has 0 radical (unpaired) electrons. The van der Waals surface area contributed by atoms with Crippen LogP contribution in [0, 0.1) is 3.57 Å². The first-order valence-electron chi connectivity index (χ1n) is 8.26. The molecule has 1 heterocycles. The van der Waals surface area contributed by atoms with Crippen molar-refractivity contribution in [1.82, 2.24) is 9.66 Å². The average molecular weight is 542 g/mol. The van der Waals surface area contributed by atoms with Crippen molar-refractivity contribution in [2.45, 2.75) is 19.8 Å². The Hall–Kier alpha value is -1.94. The average Bonchev–Trinajstić information content (AvgIpc) is 2.65. The van der Waals surface area contributed by atoms with Crippen molar-refractivity contribution in [2.75, 3.05) is 7.11 Å². The van der Waals surface area contributed by atoms with Crippen LogP contribution < -0.4 is 10.3 Å². The number of aryl methyl sites for hydroxylation is 1. The largest absolute Gasteiger partial charge is 0.504 e. The molecule has 0 spiro atoms. The monoisotopic (exact) mass is 541 g/mol. The molecule has 8 heteroatoms. The van der Waals surface area contributed by atoms with E-state index in [2.05, 4.69) is 26.0 Å². The molecule has 0 bridgehead atoms. The van der Waals surface area contributed by atoms with Crippen LogP contribution in [0.15, 0.2) is 44.7 Å². The molecule has 0 saturated heterocycles. The van der Waals surface area contributed by atoms with Crippen LogP contribution in [0.1, 0.15) is 24.7 Å². The summed E-state index contributed by atoms with van der Waals surface area (Å²) in [4.78, 5) is 17.6. The highest BCUT2D eigenvalue weighted by atomic mass is 127. The first kappa shape index (κ1) is 19.8. The van der Waals surface area contributed by atoms with Gasteiger partial charge >= 0.3 is 0 Å². The highest BCUT2D eigenvalue weighted by molar-refractivity contribution is 14.1. The molecule has 0 fully saturated rings. The second-order valence-corrected chi connectivity index (χ2v) is 7.93. The van der Waals surface area contributed by atoms with Gasteiger partial charge in [-0.25, -0.2) is 4.98 Å². The highest BCUT2D eigenvalue weighted by Crippen LogP contribution is 2.31. The predicted octanol–water partition coefficient (Wildman–Crippen LogP) is 4.31. The minimum Gasteiger partial charge on any atom is -0.504 e. The van der Waals surface area contributed by atoms with Gasteiger partial charge in [0, 0.05) is 10.9 Å². The molecule has 0 unspecified atom stereocenters. The van der Waals surface area contributed by atoms with Gasteiger partial charge in [0.05, 0.1) is 27.8 Å². The maximum absolute atomic E-state index is 13.0. The Morgan fingerprint density at radius 3 is 2.85 bits per heavy atom. The molecular weight excluding hydrogens is 525 g/mol. The van der Waals surface area contributed by atoms with Gasteiger partial charge in [0.1, 0.15) is 5.82 Å². The van der Waals surface area contributed by atoms with Crippen molar-refractivity contribution in [3.8, 4) is 11.5 Å². The lowest BCUT2D eigenvalue weighted by atomic mass is 10.2. The third kappa shape index (κ3) is 4.16. The van der Waals surface area contributed by atoms with Gasteiger partial charge < -0.3 is 9.84 Å². The Kier molecular flexibility index (Phi) is 6.15. The van der Waals surface area contributed by atoms with Crippen molar-refractivity contribution in [3.63, 3.8) is 0 Å². The van der Waals surface area contributed by atoms with Crippen molar-refractivity contribution >= 4 is 55.6 Å². The van der Waals surface area contributed by atoms with Gasteiger partial charge in [-0.15, -0.1) is 0 Å². The van der Waals surface area contributed by atoms with Crippen LogP contribution in [0.25, 0.3) is 10.9 Å². The maximum Gasteiger partial charge on any atom is 0.282 e. The SMILES string of the molecule is CCCc1nc2ccc(Br)cc2c(=O)n1N=Cc1cc(I)c(O)c(OC)c1. The van der Waals surface area contributed by atoms with Crippen LogP contribution in [-0.4, -0.2) is 28.1 Å². The quantitative estimate of drug-likeness (QED) is 0.386. The van der Waals surface area contributed by atoms with Gasteiger partial charge in [-0.05, 0) is 64.9 Å². The van der Waals surface area contributed by atoms with Crippen molar-refractivity contribution in [3.05, 3.63) is 60.1 Å². The molecule has 0 aliphatic rings. The van der Waals surface area contributed by atoms with E-state index in [9.17, 15) is 9.90 Å². The third-order valence-electron chi connectivity index (χ3n) is 3.94. The number of aromatic hydroxyl groups is 1. The van der Waals surface area contributed by atoms with E-state index in [1.54, 1.807) is 24.4 Å². The Labute approximate surface area is 178 Å². The number of fused-ring (bicyclic) bond motifs is 1. The Morgan fingerprint density at radius 1 is 1.37 bits per heavy atom. The summed E-state index contributed by atoms with van der Waals surface area (Å²) in [6.07, 6.45) is 3.04. The van der Waals surface area contributed by atoms with E-state index in [1.807, 2.05) is 41.6 Å². The molecule has 2 aromatic carbocycles. The van der Waals surface area contributed by atoms with E-state index in [4.69, 9.17) is 4.74 Å². The number of hydrogen-bond donors (Lipinski definition) is 1. The van der Waals surface area contributed by atoms with E-state index >= 15 is 0 Å². The van der Waals surface area contributed by atoms with E-state index in [1.165, 1.54) is 11.8 Å². The number of phenols is 1. The highest BCUT2D eigenvalue weighted by Gasteiger charge is 2.11. The summed E-state index contributed by atoms with van der Waals surface area (Å²) < 4.78 is 7.96. The van der Waals surface area contributed by atoms with Gasteiger partial charge in [-0.1, -0.05) is 22.9 Å². The summed E-state index contributed by atoms with van der Waals surface area (Å²) in [5, 5.41) is 14.8. The second kappa shape index (κ2) is 8.39. The molecular formula is C19H17BrIN3O3. The smallest absolute Gasteiger partial charge is 0.282 e. The number of rotatable bonds is 5. The van der Waals surface area contributed by atoms with Crippen LogP contribution >= 0.6 is 38.5 Å². The number of aromatic nitrogens is 2. The Bertz CT molecular complexity index is 1100. The van der Waals surface area contributed by atoms with Gasteiger partial charge in [0.2, 0.25) is 0 Å². The van der Waals surface area contributed by atoms with Gasteiger partial charge in [-0.2, -0.15) is 9.78 Å². The van der Waals surface area contributed by atoms with Crippen LogP contribution in [0.3, 0.4) is 0 Å². The zero-order valence-electron chi connectivity index (χ0n) is 14.7. The van der Waals surface area contributed by atoms with Crippen molar-refractivity contribution < 1.29 is 9.84 Å². The molecule has 0 aliphatic carbocycles. The van der Waals surface area contributed by atoms with Crippen molar-refractivity contribution in [2.24, 2.45) is 5.10 Å². The molecule has 0 saturated carbocycles. The number of benzene rings is 2. The van der Waals surface area contributed by atoms with Gasteiger partial charge in [0.15, 0.2) is 11.5 Å². The van der Waals surface area contributed by atoms with Gasteiger partial charge in [0.25, 0.3) is 5.56 Å². The summed E-state index contributed by atoms with van der Waals surface area (Å²) in [6, 6.07) is 8.86. The lowest BCUT2D eigenvalue weighted by molar-refractivity contribution is 0.371. The number of halogens is 2. The summed E-state index contributed by atoms with van der Waals surface area (Å²) in [5.74, 6) is 1.04. The number of phenolic OH excluding ortho intramolecular Hbond substituents is 1. The summed E-state index contributed by atoms with van der Waals surface area (Å²) >= 11 is 5.41. The maximum atomic E-state index is 13.0. The fraction of sp³-hybridized carbons (Fsp3) is 0.211. The van der Waals surface area contributed by atoms with Crippen LogP contribution in [0.2, 0.25) is 0 Å². The molecule has 0 atom stereocenters. The van der Waals surface area contributed by atoms with Crippen molar-refractivity contribution in [1.29, 1.82) is 0 Å². The standard InChI is InChI=1S/C19H17BrIN3O3/c1-3-4-17-23-15-6-5-12(20)9-13(15)19(26)24(17)22-10-11-7-14(21)18(25)16(8-11)27-2/h5-10,25H,3-4H2,1-2H3. The van der Waals surface area contributed by atoms with Gasteiger partial charge in [-0.3, -0.25) is 4.79 Å². The number of methoxy groups -OCH3 is 1. The molecule has 140 valence electrons. The first-order chi connectivity index (χ1) is 12.9. The predicted molar refractivity (Wildman–Crippen MR) is 118 cm³/mol. The summed E-state index contributed by atoms with van der Waals surface area (Å²) in [5.41, 5.74) is 1.14. The lowest BCUT2D eigenvalue weighted by Gasteiger charge is -2.09. The zero-order valence-corrected chi connectivity index (χ0v) is 18.5. The molecule has 1 aromatic heterocycles. The van der Waals surface area contributed by atoms with Crippen LogP contribution in [0.4, 0.5) is 0 Å². The van der Waals surface area contributed by atoms with E-state index in [0.29, 0.717) is 38.0 Å². The third-order valence-corrected chi connectivity index (χ3v) is 5.26. The first-order valence-corrected chi connectivity index (χ1v) is 10.1. The minimum atomic E-state index is -0.221. The van der Waals surface area contributed by atoms with Crippen LogP contribution in [0.5, 0.6) is 11.5 Å². The number of nitrogens with zero attached hydrogens (tertiary/aromatic N) is 3. The lowest BCUT2D eigenvalue weighted by Crippen LogP contribution is -2.22.